The maximum Gasteiger partial charge on any atom is 0.191 e. The molecule has 1 aliphatic carbocycles. The predicted octanol–water partition coefficient (Wildman–Crippen LogP) is 2.02. The van der Waals surface area contributed by atoms with Crippen molar-refractivity contribution in [3.05, 3.63) is 23.9 Å². The van der Waals surface area contributed by atoms with Crippen LogP contribution in [0.1, 0.15) is 24.8 Å². The molecule has 2 aliphatic rings. The largest absolute Gasteiger partial charge is 0.381 e. The van der Waals surface area contributed by atoms with Crippen molar-refractivity contribution in [2.75, 3.05) is 58.0 Å². The van der Waals surface area contributed by atoms with Crippen molar-refractivity contribution in [1.82, 2.24) is 15.6 Å². The normalized spacial score (nSPS) is 17.4. The Morgan fingerprint density at radius 2 is 2.15 bits per heavy atom. The highest BCUT2D eigenvalue weighted by Crippen LogP contribution is 2.28. The van der Waals surface area contributed by atoms with E-state index in [4.69, 9.17) is 9.47 Å². The molecule has 1 saturated carbocycles. The number of pyridine rings is 1. The number of guanidine groups is 1. The molecule has 0 aromatic carbocycles. The lowest BCUT2D eigenvalue weighted by Gasteiger charge is -2.29. The second-order valence-electron chi connectivity index (χ2n) is 6.81. The molecule has 0 spiro atoms. The van der Waals surface area contributed by atoms with Crippen LogP contribution in [-0.4, -0.2) is 64.1 Å². The molecule has 0 bridgehead atoms. The fraction of sp³-hybridized carbons (Fsp3) is 0.684. The number of hydrogen-bond acceptors (Lipinski definition) is 5. The number of halogens is 1. The molecule has 0 radical (unpaired) electrons. The standard InChI is InChI=1S/C19H31N5O2.HI/c1-20-19(22-8-3-11-26-15-16-5-6-16)23-14-17-4-2-7-21-18(17)24-9-12-25-13-10-24;/h2,4,7,16H,3,5-6,8-15H2,1H3,(H2,20,22,23);1H. The Morgan fingerprint density at radius 1 is 1.33 bits per heavy atom. The fourth-order valence-electron chi connectivity index (χ4n) is 2.94. The average molecular weight is 489 g/mol. The van der Waals surface area contributed by atoms with Crippen molar-refractivity contribution in [1.29, 1.82) is 0 Å². The van der Waals surface area contributed by atoms with Crippen LogP contribution in [0.4, 0.5) is 5.82 Å². The number of nitrogens with one attached hydrogen (secondary N) is 2. The lowest BCUT2D eigenvalue weighted by atomic mass is 10.2. The number of aliphatic imine (C=N–C) groups is 1. The van der Waals surface area contributed by atoms with E-state index >= 15 is 0 Å². The van der Waals surface area contributed by atoms with Crippen LogP contribution in [0.2, 0.25) is 0 Å². The van der Waals surface area contributed by atoms with Gasteiger partial charge in [0, 0.05) is 58.2 Å². The van der Waals surface area contributed by atoms with Crippen LogP contribution in [0, 0.1) is 5.92 Å². The molecule has 1 aromatic rings. The van der Waals surface area contributed by atoms with Gasteiger partial charge in [0.1, 0.15) is 5.82 Å². The summed E-state index contributed by atoms with van der Waals surface area (Å²) in [6.07, 6.45) is 5.52. The quantitative estimate of drug-likeness (QED) is 0.240. The third-order valence-corrected chi connectivity index (χ3v) is 4.66. The van der Waals surface area contributed by atoms with Gasteiger partial charge in [-0.15, -0.1) is 24.0 Å². The lowest BCUT2D eigenvalue weighted by Crippen LogP contribution is -2.39. The molecule has 8 heteroatoms. The molecule has 0 atom stereocenters. The zero-order valence-corrected chi connectivity index (χ0v) is 18.5. The Morgan fingerprint density at radius 3 is 2.89 bits per heavy atom. The van der Waals surface area contributed by atoms with Crippen molar-refractivity contribution < 1.29 is 9.47 Å². The third kappa shape index (κ3) is 7.79. The van der Waals surface area contributed by atoms with Gasteiger partial charge in [0.05, 0.1) is 13.2 Å². The maximum atomic E-state index is 5.66. The molecule has 1 aromatic heterocycles. The second-order valence-corrected chi connectivity index (χ2v) is 6.81. The number of anilines is 1. The van der Waals surface area contributed by atoms with Crippen LogP contribution in [0.3, 0.4) is 0 Å². The maximum absolute atomic E-state index is 5.66. The topological polar surface area (TPSA) is 71.0 Å². The molecule has 3 rings (SSSR count). The van der Waals surface area contributed by atoms with Crippen molar-refractivity contribution >= 4 is 35.8 Å². The molecule has 1 saturated heterocycles. The molecule has 2 fully saturated rings. The van der Waals surface area contributed by atoms with Gasteiger partial charge in [-0.2, -0.15) is 0 Å². The van der Waals surface area contributed by atoms with E-state index in [1.807, 2.05) is 12.3 Å². The first kappa shape index (κ1) is 22.2. The van der Waals surface area contributed by atoms with Crippen LogP contribution in [0.25, 0.3) is 0 Å². The monoisotopic (exact) mass is 489 g/mol. The van der Waals surface area contributed by atoms with Crippen LogP contribution < -0.4 is 15.5 Å². The predicted molar refractivity (Wildman–Crippen MR) is 119 cm³/mol. The molecule has 2 heterocycles. The van der Waals surface area contributed by atoms with E-state index in [1.165, 1.54) is 18.4 Å². The number of morpholine rings is 1. The zero-order valence-electron chi connectivity index (χ0n) is 16.2. The molecule has 27 heavy (non-hydrogen) atoms. The van der Waals surface area contributed by atoms with Gasteiger partial charge >= 0.3 is 0 Å². The van der Waals surface area contributed by atoms with Gasteiger partial charge in [0.25, 0.3) is 0 Å². The number of nitrogens with zero attached hydrogens (tertiary/aromatic N) is 3. The Balaban J connectivity index is 0.00000261. The minimum atomic E-state index is 0. The Labute approximate surface area is 179 Å². The van der Waals surface area contributed by atoms with Gasteiger partial charge in [0.2, 0.25) is 0 Å². The van der Waals surface area contributed by atoms with Crippen LogP contribution >= 0.6 is 24.0 Å². The fourth-order valence-corrected chi connectivity index (χ4v) is 2.94. The summed E-state index contributed by atoms with van der Waals surface area (Å²) in [4.78, 5) is 11.2. The highest BCUT2D eigenvalue weighted by atomic mass is 127. The highest BCUT2D eigenvalue weighted by molar-refractivity contribution is 14.0. The van der Waals surface area contributed by atoms with Crippen molar-refractivity contribution in [2.24, 2.45) is 10.9 Å². The minimum absolute atomic E-state index is 0. The van der Waals surface area contributed by atoms with E-state index in [1.54, 1.807) is 7.05 Å². The van der Waals surface area contributed by atoms with Gasteiger partial charge in [-0.25, -0.2) is 4.98 Å². The average Bonchev–Trinajstić information content (AvgIpc) is 3.52. The molecular formula is C19H32IN5O2. The van der Waals surface area contributed by atoms with Gasteiger partial charge < -0.3 is 25.0 Å². The van der Waals surface area contributed by atoms with Gasteiger partial charge in [-0.05, 0) is 31.2 Å². The number of aromatic nitrogens is 1. The third-order valence-electron chi connectivity index (χ3n) is 4.66. The Bertz CT molecular complexity index is 577. The zero-order chi connectivity index (χ0) is 18.0. The van der Waals surface area contributed by atoms with Gasteiger partial charge in [0.15, 0.2) is 5.96 Å². The van der Waals surface area contributed by atoms with Crippen LogP contribution in [0.15, 0.2) is 23.3 Å². The molecule has 2 N–H and O–H groups in total. The molecule has 7 nitrogen and oxygen atoms in total. The Hall–Kier alpha value is -1.13. The molecule has 0 amide bonds. The first-order valence-electron chi connectivity index (χ1n) is 9.65. The summed E-state index contributed by atoms with van der Waals surface area (Å²) in [7, 11) is 1.80. The molecule has 152 valence electrons. The minimum Gasteiger partial charge on any atom is -0.381 e. The summed E-state index contributed by atoms with van der Waals surface area (Å²) in [5, 5.41) is 6.73. The lowest BCUT2D eigenvalue weighted by molar-refractivity contribution is 0.122. The smallest absolute Gasteiger partial charge is 0.191 e. The summed E-state index contributed by atoms with van der Waals surface area (Å²) in [5.41, 5.74) is 1.17. The van der Waals surface area contributed by atoms with Gasteiger partial charge in [-0.3, -0.25) is 4.99 Å². The van der Waals surface area contributed by atoms with E-state index in [0.717, 1.165) is 70.2 Å². The molecule has 0 unspecified atom stereocenters. The first-order valence-corrected chi connectivity index (χ1v) is 9.65. The van der Waals surface area contributed by atoms with E-state index in [2.05, 4.69) is 31.6 Å². The highest BCUT2D eigenvalue weighted by Gasteiger charge is 2.20. The Kier molecular flexibility index (Phi) is 10.1. The number of hydrogen-bond donors (Lipinski definition) is 2. The SMILES string of the molecule is CN=C(NCCCOCC1CC1)NCc1cccnc1N1CCOCC1.I. The summed E-state index contributed by atoms with van der Waals surface area (Å²) in [6, 6.07) is 4.10. The molecular weight excluding hydrogens is 457 g/mol. The second kappa shape index (κ2) is 12.4. The summed E-state index contributed by atoms with van der Waals surface area (Å²) in [6.45, 7) is 6.58. The van der Waals surface area contributed by atoms with E-state index in [0.29, 0.717) is 6.54 Å². The number of rotatable bonds is 9. The first-order chi connectivity index (χ1) is 12.9. The van der Waals surface area contributed by atoms with E-state index in [-0.39, 0.29) is 24.0 Å². The van der Waals surface area contributed by atoms with Crippen molar-refractivity contribution in [2.45, 2.75) is 25.8 Å². The number of ether oxygens (including phenoxy) is 2. The van der Waals surface area contributed by atoms with Crippen molar-refractivity contribution in [3.63, 3.8) is 0 Å². The summed E-state index contributed by atoms with van der Waals surface area (Å²) >= 11 is 0. The van der Waals surface area contributed by atoms with E-state index in [9.17, 15) is 0 Å². The van der Waals surface area contributed by atoms with E-state index < -0.39 is 0 Å². The van der Waals surface area contributed by atoms with Crippen LogP contribution in [-0.2, 0) is 16.0 Å². The molecule has 1 aliphatic heterocycles. The summed E-state index contributed by atoms with van der Waals surface area (Å²) < 4.78 is 11.1. The van der Waals surface area contributed by atoms with Gasteiger partial charge in [-0.1, -0.05) is 6.07 Å². The van der Waals surface area contributed by atoms with Crippen LogP contribution in [0.5, 0.6) is 0 Å². The van der Waals surface area contributed by atoms with Crippen molar-refractivity contribution in [3.8, 4) is 0 Å². The summed E-state index contributed by atoms with van der Waals surface area (Å²) in [5.74, 6) is 2.67.